The highest BCUT2D eigenvalue weighted by molar-refractivity contribution is 5.45. The van der Waals surface area contributed by atoms with Crippen molar-refractivity contribution >= 4 is 5.69 Å². The molecule has 5 heteroatoms. The SMILES string of the molecule is Fc1ccc(NCC2CCC=CO2)c(F)c1F. The summed E-state index contributed by atoms with van der Waals surface area (Å²) in [6.45, 7) is 0.354. The van der Waals surface area contributed by atoms with E-state index in [1.165, 1.54) is 6.07 Å². The predicted octanol–water partition coefficient (Wildman–Crippen LogP) is 3.21. The Morgan fingerprint density at radius 2 is 2.06 bits per heavy atom. The van der Waals surface area contributed by atoms with Crippen LogP contribution in [-0.2, 0) is 4.74 Å². The lowest BCUT2D eigenvalue weighted by Gasteiger charge is -2.20. The van der Waals surface area contributed by atoms with Crippen molar-refractivity contribution in [3.8, 4) is 0 Å². The first-order chi connectivity index (χ1) is 8.18. The lowest BCUT2D eigenvalue weighted by Crippen LogP contribution is -2.23. The number of allylic oxidation sites excluding steroid dienone is 1. The summed E-state index contributed by atoms with van der Waals surface area (Å²) in [6.07, 6.45) is 5.13. The van der Waals surface area contributed by atoms with Gasteiger partial charge in [-0.05, 0) is 31.1 Å². The van der Waals surface area contributed by atoms with Gasteiger partial charge in [-0.15, -0.1) is 0 Å². The molecule has 17 heavy (non-hydrogen) atoms. The van der Waals surface area contributed by atoms with Gasteiger partial charge in [0.05, 0.1) is 18.5 Å². The van der Waals surface area contributed by atoms with Gasteiger partial charge in [0.15, 0.2) is 17.5 Å². The molecule has 1 aliphatic rings. The zero-order chi connectivity index (χ0) is 12.3. The summed E-state index contributed by atoms with van der Waals surface area (Å²) in [5, 5.41) is 2.71. The summed E-state index contributed by atoms with van der Waals surface area (Å²) in [7, 11) is 0. The van der Waals surface area contributed by atoms with Gasteiger partial charge in [0, 0.05) is 0 Å². The molecule has 1 aromatic rings. The number of benzene rings is 1. The number of rotatable bonds is 3. The summed E-state index contributed by atoms with van der Waals surface area (Å²) in [5.41, 5.74) is -0.0537. The molecule has 2 nitrogen and oxygen atoms in total. The molecule has 1 N–H and O–H groups in total. The van der Waals surface area contributed by atoms with Crippen LogP contribution in [0.1, 0.15) is 12.8 Å². The van der Waals surface area contributed by atoms with Gasteiger partial charge in [0.2, 0.25) is 0 Å². The van der Waals surface area contributed by atoms with E-state index in [0.717, 1.165) is 18.9 Å². The molecule has 0 aliphatic carbocycles. The van der Waals surface area contributed by atoms with E-state index in [2.05, 4.69) is 5.32 Å². The fourth-order valence-electron chi connectivity index (χ4n) is 1.62. The molecule has 0 amide bonds. The van der Waals surface area contributed by atoms with Crippen LogP contribution in [0.5, 0.6) is 0 Å². The average molecular weight is 243 g/mol. The van der Waals surface area contributed by atoms with Crippen LogP contribution in [0.15, 0.2) is 24.5 Å². The van der Waals surface area contributed by atoms with E-state index in [9.17, 15) is 13.2 Å². The molecule has 0 spiro atoms. The minimum atomic E-state index is -1.46. The molecule has 1 aliphatic heterocycles. The Morgan fingerprint density at radius 1 is 1.24 bits per heavy atom. The van der Waals surface area contributed by atoms with E-state index in [1.54, 1.807) is 6.26 Å². The van der Waals surface area contributed by atoms with Crippen LogP contribution in [-0.4, -0.2) is 12.6 Å². The van der Waals surface area contributed by atoms with Crippen molar-refractivity contribution in [3.05, 3.63) is 41.9 Å². The molecule has 1 heterocycles. The number of hydrogen-bond acceptors (Lipinski definition) is 2. The first-order valence-electron chi connectivity index (χ1n) is 5.36. The summed E-state index contributed by atoms with van der Waals surface area (Å²) in [4.78, 5) is 0. The Morgan fingerprint density at radius 3 is 2.76 bits per heavy atom. The Hall–Kier alpha value is -1.65. The molecule has 0 aromatic heterocycles. The van der Waals surface area contributed by atoms with Gasteiger partial charge in [-0.2, -0.15) is 0 Å². The topological polar surface area (TPSA) is 21.3 Å². The number of nitrogens with one attached hydrogen (secondary N) is 1. The Balaban J connectivity index is 1.99. The number of halogens is 3. The molecule has 2 rings (SSSR count). The maximum Gasteiger partial charge on any atom is 0.196 e. The van der Waals surface area contributed by atoms with E-state index < -0.39 is 17.5 Å². The van der Waals surface area contributed by atoms with Crippen molar-refractivity contribution in [1.82, 2.24) is 0 Å². The van der Waals surface area contributed by atoms with Crippen molar-refractivity contribution in [2.45, 2.75) is 18.9 Å². The van der Waals surface area contributed by atoms with Crippen molar-refractivity contribution in [2.75, 3.05) is 11.9 Å². The maximum absolute atomic E-state index is 13.3. The van der Waals surface area contributed by atoms with Crippen LogP contribution in [0.4, 0.5) is 18.9 Å². The second-order valence-electron chi connectivity index (χ2n) is 3.81. The van der Waals surface area contributed by atoms with Gasteiger partial charge < -0.3 is 10.1 Å². The predicted molar refractivity (Wildman–Crippen MR) is 58.1 cm³/mol. The normalized spacial score (nSPS) is 18.9. The summed E-state index contributed by atoms with van der Waals surface area (Å²) >= 11 is 0. The van der Waals surface area contributed by atoms with Gasteiger partial charge in [0.1, 0.15) is 6.10 Å². The average Bonchev–Trinajstić information content (AvgIpc) is 2.36. The van der Waals surface area contributed by atoms with Gasteiger partial charge in [0.25, 0.3) is 0 Å². The number of anilines is 1. The molecule has 1 unspecified atom stereocenters. The first-order valence-corrected chi connectivity index (χ1v) is 5.36. The van der Waals surface area contributed by atoms with E-state index in [4.69, 9.17) is 4.74 Å². The van der Waals surface area contributed by atoms with Crippen molar-refractivity contribution < 1.29 is 17.9 Å². The van der Waals surface area contributed by atoms with Gasteiger partial charge in [-0.1, -0.05) is 0 Å². The molecular weight excluding hydrogens is 231 g/mol. The molecule has 0 radical (unpaired) electrons. The van der Waals surface area contributed by atoms with Crippen LogP contribution in [0, 0.1) is 17.5 Å². The largest absolute Gasteiger partial charge is 0.497 e. The van der Waals surface area contributed by atoms with Crippen LogP contribution in [0.3, 0.4) is 0 Å². The second kappa shape index (κ2) is 5.12. The molecule has 0 bridgehead atoms. The van der Waals surface area contributed by atoms with E-state index in [1.807, 2.05) is 6.08 Å². The minimum Gasteiger partial charge on any atom is -0.497 e. The van der Waals surface area contributed by atoms with Gasteiger partial charge in [-0.3, -0.25) is 0 Å². The molecule has 1 aromatic carbocycles. The maximum atomic E-state index is 13.3. The Labute approximate surface area is 97.1 Å². The smallest absolute Gasteiger partial charge is 0.196 e. The standard InChI is InChI=1S/C12H12F3NO/c13-9-4-5-10(12(15)11(9)14)16-7-8-3-1-2-6-17-8/h2,4-6,8,16H,1,3,7H2. The van der Waals surface area contributed by atoms with Gasteiger partial charge >= 0.3 is 0 Å². The third kappa shape index (κ3) is 2.72. The lowest BCUT2D eigenvalue weighted by atomic mass is 10.1. The third-order valence-corrected chi connectivity index (χ3v) is 2.58. The molecule has 0 saturated carbocycles. The molecule has 0 saturated heterocycles. The fraction of sp³-hybridized carbons (Fsp3) is 0.333. The minimum absolute atomic E-state index is 0.0537. The molecule has 1 atom stereocenters. The van der Waals surface area contributed by atoms with E-state index in [0.29, 0.717) is 6.54 Å². The highest BCUT2D eigenvalue weighted by Gasteiger charge is 2.15. The fourth-order valence-corrected chi connectivity index (χ4v) is 1.62. The Bertz CT molecular complexity index is 434. The molecular formula is C12H12F3NO. The number of hydrogen-bond donors (Lipinski definition) is 1. The summed E-state index contributed by atoms with van der Waals surface area (Å²) < 4.78 is 44.1. The van der Waals surface area contributed by atoms with Crippen LogP contribution >= 0.6 is 0 Å². The Kier molecular flexibility index (Phi) is 3.56. The highest BCUT2D eigenvalue weighted by atomic mass is 19.2. The zero-order valence-corrected chi connectivity index (χ0v) is 9.05. The summed E-state index contributed by atoms with van der Waals surface area (Å²) in [6, 6.07) is 2.06. The monoisotopic (exact) mass is 243 g/mol. The van der Waals surface area contributed by atoms with Crippen LogP contribution in [0.25, 0.3) is 0 Å². The van der Waals surface area contributed by atoms with Crippen molar-refractivity contribution in [1.29, 1.82) is 0 Å². The van der Waals surface area contributed by atoms with E-state index in [-0.39, 0.29) is 11.8 Å². The molecule has 0 fully saturated rings. The summed E-state index contributed by atoms with van der Waals surface area (Å²) in [5.74, 6) is -3.85. The van der Waals surface area contributed by atoms with E-state index >= 15 is 0 Å². The quantitative estimate of drug-likeness (QED) is 0.823. The first kappa shape index (κ1) is 11.8. The zero-order valence-electron chi connectivity index (χ0n) is 9.05. The van der Waals surface area contributed by atoms with Crippen LogP contribution < -0.4 is 5.32 Å². The lowest BCUT2D eigenvalue weighted by molar-refractivity contribution is 0.135. The van der Waals surface area contributed by atoms with Gasteiger partial charge in [-0.25, -0.2) is 13.2 Å². The highest BCUT2D eigenvalue weighted by Crippen LogP contribution is 2.20. The second-order valence-corrected chi connectivity index (χ2v) is 3.81. The van der Waals surface area contributed by atoms with Crippen molar-refractivity contribution in [2.24, 2.45) is 0 Å². The van der Waals surface area contributed by atoms with Crippen molar-refractivity contribution in [3.63, 3.8) is 0 Å². The number of ether oxygens (including phenoxy) is 1. The van der Waals surface area contributed by atoms with Crippen LogP contribution in [0.2, 0.25) is 0 Å². The molecule has 92 valence electrons. The third-order valence-electron chi connectivity index (χ3n) is 2.58.